The number of hydrogen-bond acceptors (Lipinski definition) is 3. The molecule has 0 radical (unpaired) electrons. The van der Waals surface area contributed by atoms with Crippen LogP contribution in [0.3, 0.4) is 0 Å². The van der Waals surface area contributed by atoms with Gasteiger partial charge in [-0.1, -0.05) is 47.8 Å². The van der Waals surface area contributed by atoms with E-state index >= 15 is 0 Å². The molecule has 1 aromatic rings. The highest BCUT2D eigenvalue weighted by Crippen LogP contribution is 2.37. The van der Waals surface area contributed by atoms with Crippen LogP contribution in [0.15, 0.2) is 18.3 Å². The fourth-order valence-electron chi connectivity index (χ4n) is 1.77. The van der Waals surface area contributed by atoms with Gasteiger partial charge in [-0.05, 0) is 12.1 Å². The summed E-state index contributed by atoms with van der Waals surface area (Å²) in [5.74, 6) is -1.02. The number of nitrogens with zero attached hydrogens (tertiary/aromatic N) is 1. The first kappa shape index (κ1) is 14.0. The SMILES string of the molecule is O=C1CC(n2cccc2C(=O)C(Br)(Br)Br)C(=O)N1. The lowest BCUT2D eigenvalue weighted by molar-refractivity contribution is -0.125. The van der Waals surface area contributed by atoms with E-state index in [0.29, 0.717) is 5.69 Å². The number of carbonyl (C=O) groups excluding carboxylic acids is 3. The van der Waals surface area contributed by atoms with Crippen molar-refractivity contribution in [1.82, 2.24) is 9.88 Å². The summed E-state index contributed by atoms with van der Waals surface area (Å²) in [6.45, 7) is 0. The Hall–Kier alpha value is -0.470. The van der Waals surface area contributed by atoms with Gasteiger partial charge >= 0.3 is 0 Å². The van der Waals surface area contributed by atoms with Crippen LogP contribution in [0, 0.1) is 0 Å². The highest BCUT2D eigenvalue weighted by molar-refractivity contribution is 9.40. The van der Waals surface area contributed by atoms with Crippen LogP contribution in [0.25, 0.3) is 0 Å². The Morgan fingerprint density at radius 1 is 1.39 bits per heavy atom. The molecule has 5 nitrogen and oxygen atoms in total. The average molecular weight is 443 g/mol. The predicted molar refractivity (Wildman–Crippen MR) is 75.1 cm³/mol. The fourth-order valence-corrected chi connectivity index (χ4v) is 2.38. The van der Waals surface area contributed by atoms with E-state index in [4.69, 9.17) is 0 Å². The Morgan fingerprint density at radius 3 is 2.56 bits per heavy atom. The van der Waals surface area contributed by atoms with Crippen molar-refractivity contribution in [1.29, 1.82) is 0 Å². The Kier molecular flexibility index (Phi) is 3.80. The van der Waals surface area contributed by atoms with E-state index < -0.39 is 14.1 Å². The molecule has 1 fully saturated rings. The second-order valence-corrected chi connectivity index (χ2v) is 10.5. The van der Waals surface area contributed by atoms with Crippen LogP contribution in [-0.2, 0) is 9.59 Å². The molecule has 8 heteroatoms. The molecule has 1 aromatic heterocycles. The van der Waals surface area contributed by atoms with E-state index in [9.17, 15) is 14.4 Å². The summed E-state index contributed by atoms with van der Waals surface area (Å²) in [6, 6.07) is 2.58. The van der Waals surface area contributed by atoms with Crippen LogP contribution in [0.2, 0.25) is 0 Å². The van der Waals surface area contributed by atoms with Gasteiger partial charge in [-0.15, -0.1) is 0 Å². The van der Waals surface area contributed by atoms with Gasteiger partial charge in [0.15, 0.2) is 2.14 Å². The molecule has 1 saturated heterocycles. The molecule has 2 amide bonds. The number of Topliss-reactive ketones (excluding diaryl/α,β-unsaturated/α-hetero) is 1. The summed E-state index contributed by atoms with van der Waals surface area (Å²) in [4.78, 5) is 34.9. The van der Waals surface area contributed by atoms with Crippen molar-refractivity contribution in [3.05, 3.63) is 24.0 Å². The van der Waals surface area contributed by atoms with Crippen molar-refractivity contribution >= 4 is 65.4 Å². The van der Waals surface area contributed by atoms with Crippen LogP contribution >= 0.6 is 47.8 Å². The number of carbonyl (C=O) groups is 3. The van der Waals surface area contributed by atoms with Crippen LogP contribution in [0.1, 0.15) is 23.0 Å². The van der Waals surface area contributed by atoms with E-state index in [2.05, 4.69) is 53.1 Å². The maximum Gasteiger partial charge on any atom is 0.250 e. The maximum absolute atomic E-state index is 12.1. The Morgan fingerprint density at radius 2 is 2.06 bits per heavy atom. The number of amides is 2. The Labute approximate surface area is 128 Å². The van der Waals surface area contributed by atoms with Crippen molar-refractivity contribution in [2.75, 3.05) is 0 Å². The number of ketones is 1. The number of halogens is 3. The molecule has 96 valence electrons. The summed E-state index contributed by atoms with van der Waals surface area (Å²) < 4.78 is 0.420. The van der Waals surface area contributed by atoms with Crippen LogP contribution in [-0.4, -0.2) is 24.3 Å². The van der Waals surface area contributed by atoms with Gasteiger partial charge in [-0.2, -0.15) is 0 Å². The second-order valence-electron chi connectivity index (χ2n) is 3.76. The van der Waals surface area contributed by atoms with E-state index in [1.165, 1.54) is 4.57 Å². The number of imide groups is 1. The lowest BCUT2D eigenvalue weighted by Gasteiger charge is -2.16. The third-order valence-electron chi connectivity index (χ3n) is 2.55. The fraction of sp³-hybridized carbons (Fsp3) is 0.300. The smallest absolute Gasteiger partial charge is 0.250 e. The average Bonchev–Trinajstić information content (AvgIpc) is 2.81. The topological polar surface area (TPSA) is 68.2 Å². The second kappa shape index (κ2) is 4.90. The molecule has 1 aliphatic rings. The summed E-state index contributed by atoms with van der Waals surface area (Å²) in [6.07, 6.45) is 1.66. The number of alkyl halides is 3. The van der Waals surface area contributed by atoms with Gasteiger partial charge in [0.25, 0.3) is 0 Å². The first-order valence-electron chi connectivity index (χ1n) is 4.93. The van der Waals surface area contributed by atoms with Crippen molar-refractivity contribution in [3.63, 3.8) is 0 Å². The van der Waals surface area contributed by atoms with Crippen LogP contribution in [0.5, 0.6) is 0 Å². The minimum Gasteiger partial charge on any atom is -0.332 e. The molecule has 0 bridgehead atoms. The van der Waals surface area contributed by atoms with Gasteiger partial charge in [0, 0.05) is 6.20 Å². The van der Waals surface area contributed by atoms with Gasteiger partial charge in [-0.25, -0.2) is 0 Å². The number of rotatable bonds is 2. The molecule has 0 aromatic carbocycles. The number of hydrogen-bond donors (Lipinski definition) is 1. The van der Waals surface area contributed by atoms with Gasteiger partial charge in [0.1, 0.15) is 6.04 Å². The van der Waals surface area contributed by atoms with E-state index in [1.54, 1.807) is 18.3 Å². The summed E-state index contributed by atoms with van der Waals surface area (Å²) in [5, 5.41) is 2.21. The van der Waals surface area contributed by atoms with E-state index in [1.807, 2.05) is 0 Å². The monoisotopic (exact) mass is 440 g/mol. The lowest BCUT2D eigenvalue weighted by Crippen LogP contribution is -2.27. The summed E-state index contributed by atoms with van der Waals surface area (Å²) >= 11 is 9.41. The standard InChI is InChI=1S/C10H7Br3N2O3/c11-10(12,13)8(17)5-2-1-3-15(5)6-4-7(16)14-9(6)18/h1-3,6H,4H2,(H,14,16,18). The summed E-state index contributed by atoms with van der Waals surface area (Å²) in [5.41, 5.74) is 0.329. The zero-order valence-corrected chi connectivity index (χ0v) is 13.6. The van der Waals surface area contributed by atoms with Gasteiger partial charge < -0.3 is 4.57 Å². The zero-order valence-electron chi connectivity index (χ0n) is 8.82. The number of aromatic nitrogens is 1. The molecular formula is C10H7Br3N2O3. The molecule has 1 aliphatic heterocycles. The highest BCUT2D eigenvalue weighted by Gasteiger charge is 2.37. The molecule has 1 atom stereocenters. The quantitative estimate of drug-likeness (QED) is 0.433. The molecule has 2 heterocycles. The van der Waals surface area contributed by atoms with E-state index in [0.717, 1.165) is 0 Å². The first-order chi connectivity index (χ1) is 8.30. The Balaban J connectivity index is 2.37. The number of nitrogens with one attached hydrogen (secondary N) is 1. The largest absolute Gasteiger partial charge is 0.332 e. The van der Waals surface area contributed by atoms with Crippen molar-refractivity contribution < 1.29 is 14.4 Å². The van der Waals surface area contributed by atoms with Gasteiger partial charge in [0.2, 0.25) is 17.6 Å². The highest BCUT2D eigenvalue weighted by atomic mass is 80.0. The molecule has 1 N–H and O–H groups in total. The van der Waals surface area contributed by atoms with Crippen LogP contribution < -0.4 is 5.32 Å². The van der Waals surface area contributed by atoms with Crippen molar-refractivity contribution in [3.8, 4) is 0 Å². The third kappa shape index (κ3) is 2.60. The van der Waals surface area contributed by atoms with Gasteiger partial charge in [0.05, 0.1) is 12.1 Å². The maximum atomic E-state index is 12.1. The predicted octanol–water partition coefficient (Wildman–Crippen LogP) is 2.10. The normalized spacial score (nSPS) is 20.1. The minimum absolute atomic E-state index is 0.0493. The minimum atomic E-state index is -1.08. The molecule has 0 saturated carbocycles. The van der Waals surface area contributed by atoms with E-state index in [-0.39, 0.29) is 18.1 Å². The molecule has 0 aliphatic carbocycles. The van der Waals surface area contributed by atoms with Crippen molar-refractivity contribution in [2.24, 2.45) is 0 Å². The Bertz CT molecular complexity index is 533. The molecule has 1 unspecified atom stereocenters. The zero-order chi connectivity index (χ0) is 13.5. The molecule has 2 rings (SSSR count). The van der Waals surface area contributed by atoms with Gasteiger partial charge in [-0.3, -0.25) is 19.7 Å². The molecular weight excluding hydrogens is 436 g/mol. The third-order valence-corrected chi connectivity index (χ3v) is 3.63. The molecule has 18 heavy (non-hydrogen) atoms. The van der Waals surface area contributed by atoms with Crippen molar-refractivity contribution in [2.45, 2.75) is 14.6 Å². The molecule has 0 spiro atoms. The van der Waals surface area contributed by atoms with Crippen LogP contribution in [0.4, 0.5) is 0 Å². The summed E-state index contributed by atoms with van der Waals surface area (Å²) in [7, 11) is 0. The lowest BCUT2D eigenvalue weighted by atomic mass is 10.2. The first-order valence-corrected chi connectivity index (χ1v) is 7.30.